The van der Waals surface area contributed by atoms with Crippen molar-refractivity contribution in [3.63, 3.8) is 0 Å². The molecular weight excluding hydrogens is 230 g/mol. The van der Waals surface area contributed by atoms with Crippen molar-refractivity contribution < 1.29 is 4.79 Å². The van der Waals surface area contributed by atoms with Crippen molar-refractivity contribution in [3.05, 3.63) is 29.8 Å². The summed E-state index contributed by atoms with van der Waals surface area (Å²) in [6.07, 6.45) is 7.57. The highest BCUT2D eigenvalue weighted by Gasteiger charge is 2.27. The zero-order valence-corrected chi connectivity index (χ0v) is 10.4. The third-order valence-electron chi connectivity index (χ3n) is 2.74. The number of thioether (sulfide) groups is 1. The summed E-state index contributed by atoms with van der Waals surface area (Å²) >= 11 is 1.66. The zero-order chi connectivity index (χ0) is 12.1. The van der Waals surface area contributed by atoms with Crippen molar-refractivity contribution in [2.45, 2.75) is 29.4 Å². The van der Waals surface area contributed by atoms with Crippen LogP contribution in [0.5, 0.6) is 0 Å². The third kappa shape index (κ3) is 3.04. The molecule has 1 aliphatic heterocycles. The summed E-state index contributed by atoms with van der Waals surface area (Å²) in [6.45, 7) is 0.677. The Bertz CT molecular complexity index is 425. The second-order valence-corrected chi connectivity index (χ2v) is 5.26. The summed E-state index contributed by atoms with van der Waals surface area (Å²) in [5, 5.41) is 2.97. The van der Waals surface area contributed by atoms with Crippen LogP contribution in [0.4, 0.5) is 0 Å². The van der Waals surface area contributed by atoms with Crippen molar-refractivity contribution >= 4 is 17.7 Å². The Hall–Kier alpha value is -1.40. The number of amides is 1. The first-order valence-corrected chi connectivity index (χ1v) is 6.65. The van der Waals surface area contributed by atoms with Crippen LogP contribution in [0.15, 0.2) is 29.2 Å². The summed E-state index contributed by atoms with van der Waals surface area (Å²) < 4.78 is 0. The molecule has 0 radical (unpaired) electrons. The molecule has 0 saturated carbocycles. The van der Waals surface area contributed by atoms with Crippen LogP contribution >= 0.6 is 11.8 Å². The van der Waals surface area contributed by atoms with Gasteiger partial charge in [-0.3, -0.25) is 4.79 Å². The number of rotatable bonds is 4. The van der Waals surface area contributed by atoms with Crippen LogP contribution in [0.1, 0.15) is 18.4 Å². The quantitative estimate of drug-likeness (QED) is 0.651. The van der Waals surface area contributed by atoms with E-state index >= 15 is 0 Å². The number of hydrogen-bond acceptors (Lipinski definition) is 2. The normalized spacial score (nSPS) is 17.2. The van der Waals surface area contributed by atoms with E-state index in [1.807, 2.05) is 12.1 Å². The molecule has 0 fully saturated rings. The Morgan fingerprint density at radius 3 is 3.12 bits per heavy atom. The van der Waals surface area contributed by atoms with Crippen molar-refractivity contribution in [3.8, 4) is 12.3 Å². The summed E-state index contributed by atoms with van der Waals surface area (Å²) in [6, 6.07) is 8.20. The first kappa shape index (κ1) is 12.1. The Morgan fingerprint density at radius 2 is 2.35 bits per heavy atom. The molecule has 1 aromatic carbocycles. The fourth-order valence-electron chi connectivity index (χ4n) is 1.84. The van der Waals surface area contributed by atoms with Gasteiger partial charge in [-0.2, -0.15) is 0 Å². The molecule has 17 heavy (non-hydrogen) atoms. The number of carbonyl (C=O) groups excluding carboxylic acids is 1. The van der Waals surface area contributed by atoms with Gasteiger partial charge in [-0.15, -0.1) is 24.1 Å². The highest BCUT2D eigenvalue weighted by molar-refractivity contribution is 8.01. The molecule has 0 saturated heterocycles. The molecule has 1 unspecified atom stereocenters. The number of terminal acetylenes is 1. The SMILES string of the molecule is C#CCCCNC(=O)C1Cc2ccccc2S1. The lowest BCUT2D eigenvalue weighted by Gasteiger charge is -2.08. The predicted octanol–water partition coefficient (Wildman–Crippen LogP) is 2.23. The zero-order valence-electron chi connectivity index (χ0n) is 9.61. The highest BCUT2D eigenvalue weighted by atomic mass is 32.2. The number of fused-ring (bicyclic) bond motifs is 1. The van der Waals surface area contributed by atoms with E-state index in [4.69, 9.17) is 6.42 Å². The predicted molar refractivity (Wildman–Crippen MR) is 70.9 cm³/mol. The fourth-order valence-corrected chi connectivity index (χ4v) is 3.06. The number of hydrogen-bond donors (Lipinski definition) is 1. The van der Waals surface area contributed by atoms with Crippen LogP contribution in [-0.4, -0.2) is 17.7 Å². The summed E-state index contributed by atoms with van der Waals surface area (Å²) in [4.78, 5) is 13.1. The van der Waals surface area contributed by atoms with E-state index in [9.17, 15) is 4.79 Å². The van der Waals surface area contributed by atoms with Gasteiger partial charge in [0.2, 0.25) is 5.91 Å². The molecule has 0 aromatic heterocycles. The minimum absolute atomic E-state index is 0.0261. The maximum absolute atomic E-state index is 11.9. The topological polar surface area (TPSA) is 29.1 Å². The largest absolute Gasteiger partial charge is 0.355 e. The van der Waals surface area contributed by atoms with E-state index in [1.165, 1.54) is 10.5 Å². The van der Waals surface area contributed by atoms with E-state index in [-0.39, 0.29) is 11.2 Å². The average molecular weight is 245 g/mol. The molecule has 3 heteroatoms. The van der Waals surface area contributed by atoms with Gasteiger partial charge in [0.05, 0.1) is 5.25 Å². The molecule has 1 aliphatic rings. The highest BCUT2D eigenvalue weighted by Crippen LogP contribution is 2.36. The van der Waals surface area contributed by atoms with Crippen LogP contribution in [0.2, 0.25) is 0 Å². The molecule has 0 spiro atoms. The molecule has 2 rings (SSSR count). The van der Waals surface area contributed by atoms with Gasteiger partial charge >= 0.3 is 0 Å². The van der Waals surface area contributed by atoms with Gasteiger partial charge < -0.3 is 5.32 Å². The minimum Gasteiger partial charge on any atom is -0.355 e. The maximum Gasteiger partial charge on any atom is 0.233 e. The van der Waals surface area contributed by atoms with Gasteiger partial charge in [0.15, 0.2) is 0 Å². The van der Waals surface area contributed by atoms with Crippen LogP contribution in [0, 0.1) is 12.3 Å². The average Bonchev–Trinajstić information content (AvgIpc) is 2.78. The maximum atomic E-state index is 11.9. The molecule has 88 valence electrons. The molecule has 1 N–H and O–H groups in total. The smallest absolute Gasteiger partial charge is 0.233 e. The molecule has 2 nitrogen and oxygen atoms in total. The van der Waals surface area contributed by atoms with E-state index in [2.05, 4.69) is 23.4 Å². The second-order valence-electron chi connectivity index (χ2n) is 4.02. The second kappa shape index (κ2) is 5.79. The van der Waals surface area contributed by atoms with Crippen molar-refractivity contribution in [1.82, 2.24) is 5.32 Å². The van der Waals surface area contributed by atoms with Crippen molar-refractivity contribution in [1.29, 1.82) is 0 Å². The number of nitrogens with one attached hydrogen (secondary N) is 1. The van der Waals surface area contributed by atoms with Crippen LogP contribution in [0.25, 0.3) is 0 Å². The molecule has 1 heterocycles. The summed E-state index contributed by atoms with van der Waals surface area (Å²) in [5.74, 6) is 2.70. The van der Waals surface area contributed by atoms with E-state index in [0.29, 0.717) is 6.54 Å². The molecule has 1 aromatic rings. The molecule has 0 aliphatic carbocycles. The minimum atomic E-state index is 0.0261. The van der Waals surface area contributed by atoms with Gasteiger partial charge in [-0.1, -0.05) is 18.2 Å². The van der Waals surface area contributed by atoms with Gasteiger partial charge in [0.1, 0.15) is 0 Å². The Morgan fingerprint density at radius 1 is 1.53 bits per heavy atom. The van der Waals surface area contributed by atoms with E-state index in [0.717, 1.165) is 19.3 Å². The number of unbranched alkanes of at least 4 members (excludes halogenated alkanes) is 1. The molecule has 0 bridgehead atoms. The van der Waals surface area contributed by atoms with E-state index in [1.54, 1.807) is 11.8 Å². The first-order chi connectivity index (χ1) is 8.31. The van der Waals surface area contributed by atoms with Crippen LogP contribution in [0.3, 0.4) is 0 Å². The third-order valence-corrected chi connectivity index (χ3v) is 4.05. The standard InChI is InChI=1S/C14H15NOS/c1-2-3-6-9-15-14(16)13-10-11-7-4-5-8-12(11)17-13/h1,4-5,7-8,13H,3,6,9-10H2,(H,15,16). The molecule has 1 atom stereocenters. The Labute approximate surface area is 106 Å². The molecule has 1 amide bonds. The van der Waals surface area contributed by atoms with Gasteiger partial charge in [0, 0.05) is 17.9 Å². The van der Waals surface area contributed by atoms with Crippen LogP contribution < -0.4 is 5.32 Å². The summed E-state index contributed by atoms with van der Waals surface area (Å²) in [5.41, 5.74) is 1.28. The van der Waals surface area contributed by atoms with Gasteiger partial charge in [0.25, 0.3) is 0 Å². The van der Waals surface area contributed by atoms with E-state index < -0.39 is 0 Å². The van der Waals surface area contributed by atoms with Crippen molar-refractivity contribution in [2.75, 3.05) is 6.54 Å². The fraction of sp³-hybridized carbons (Fsp3) is 0.357. The summed E-state index contributed by atoms with van der Waals surface area (Å²) in [7, 11) is 0. The first-order valence-electron chi connectivity index (χ1n) is 5.77. The lowest BCUT2D eigenvalue weighted by Crippen LogP contribution is -2.33. The Balaban J connectivity index is 1.82. The number of carbonyl (C=O) groups is 1. The lowest BCUT2D eigenvalue weighted by molar-refractivity contribution is -0.120. The van der Waals surface area contributed by atoms with Gasteiger partial charge in [-0.25, -0.2) is 0 Å². The lowest BCUT2D eigenvalue weighted by atomic mass is 10.1. The number of benzene rings is 1. The van der Waals surface area contributed by atoms with Crippen LogP contribution in [-0.2, 0) is 11.2 Å². The van der Waals surface area contributed by atoms with Gasteiger partial charge in [-0.05, 0) is 24.5 Å². The monoisotopic (exact) mass is 245 g/mol. The Kier molecular flexibility index (Phi) is 4.11. The van der Waals surface area contributed by atoms with Crippen molar-refractivity contribution in [2.24, 2.45) is 0 Å². The molecular formula is C14H15NOS.